The van der Waals surface area contributed by atoms with Gasteiger partial charge in [-0.1, -0.05) is 12.1 Å². The molecule has 0 amide bonds. The summed E-state index contributed by atoms with van der Waals surface area (Å²) in [6.07, 6.45) is -0.271. The van der Waals surface area contributed by atoms with Crippen molar-refractivity contribution in [1.82, 2.24) is 0 Å². The normalized spacial score (nSPS) is 25.6. The third-order valence-electron chi connectivity index (χ3n) is 2.09. The second-order valence-electron chi connectivity index (χ2n) is 3.17. The van der Waals surface area contributed by atoms with Gasteiger partial charge in [0.05, 0.1) is 6.61 Å². The van der Waals surface area contributed by atoms with Gasteiger partial charge in [0, 0.05) is 5.56 Å². The van der Waals surface area contributed by atoms with Gasteiger partial charge in [-0.15, -0.1) is 0 Å². The number of hydrogen-bond donors (Lipinski definition) is 0. The molecule has 1 aliphatic heterocycles. The summed E-state index contributed by atoms with van der Waals surface area (Å²) in [6, 6.07) is 7.77. The lowest BCUT2D eigenvalue weighted by atomic mass is 10.2. The van der Waals surface area contributed by atoms with Crippen molar-refractivity contribution in [2.75, 3.05) is 6.61 Å². The van der Waals surface area contributed by atoms with Crippen LogP contribution in [-0.2, 0) is 9.47 Å². The smallest absolute Gasteiger partial charge is 0.189 e. The molecule has 0 radical (unpaired) electrons. The van der Waals surface area contributed by atoms with E-state index in [0.717, 1.165) is 11.3 Å². The van der Waals surface area contributed by atoms with Crippen molar-refractivity contribution in [3.63, 3.8) is 0 Å². The van der Waals surface area contributed by atoms with E-state index >= 15 is 0 Å². The first-order valence-electron chi connectivity index (χ1n) is 4.83. The van der Waals surface area contributed by atoms with Crippen LogP contribution in [-0.4, -0.2) is 12.9 Å². The van der Waals surface area contributed by atoms with Crippen LogP contribution in [0, 0.1) is 0 Å². The van der Waals surface area contributed by atoms with Gasteiger partial charge in [-0.05, 0) is 26.0 Å². The minimum Gasteiger partial charge on any atom is -0.494 e. The van der Waals surface area contributed by atoms with Crippen molar-refractivity contribution >= 4 is 0 Å². The van der Waals surface area contributed by atoms with Crippen LogP contribution in [0.4, 0.5) is 0 Å². The summed E-state index contributed by atoms with van der Waals surface area (Å²) < 4.78 is 16.1. The molecule has 0 saturated carbocycles. The first-order chi connectivity index (χ1) is 6.79. The molecule has 1 aromatic rings. The van der Waals surface area contributed by atoms with E-state index in [1.54, 1.807) is 0 Å². The molecule has 1 saturated heterocycles. The van der Waals surface area contributed by atoms with Gasteiger partial charge in [-0.3, -0.25) is 0 Å². The van der Waals surface area contributed by atoms with Crippen LogP contribution in [0.5, 0.6) is 5.75 Å². The van der Waals surface area contributed by atoms with E-state index in [9.17, 15) is 0 Å². The van der Waals surface area contributed by atoms with Crippen LogP contribution < -0.4 is 4.74 Å². The Hall–Kier alpha value is -1.06. The van der Waals surface area contributed by atoms with Gasteiger partial charge in [0.15, 0.2) is 12.6 Å². The van der Waals surface area contributed by atoms with E-state index in [2.05, 4.69) is 0 Å². The molecule has 0 unspecified atom stereocenters. The fourth-order valence-corrected chi connectivity index (χ4v) is 1.40. The zero-order chi connectivity index (χ0) is 9.97. The number of ether oxygens (including phenoxy) is 3. The van der Waals surface area contributed by atoms with E-state index in [4.69, 9.17) is 14.2 Å². The quantitative estimate of drug-likeness (QED) is 0.739. The predicted octanol–water partition coefficient (Wildman–Crippen LogP) is 2.48. The molecule has 0 bridgehead atoms. The van der Waals surface area contributed by atoms with Gasteiger partial charge in [0.25, 0.3) is 0 Å². The van der Waals surface area contributed by atoms with E-state index < -0.39 is 0 Å². The van der Waals surface area contributed by atoms with Gasteiger partial charge in [0.1, 0.15) is 5.75 Å². The highest BCUT2D eigenvalue weighted by Gasteiger charge is 2.28. The maximum absolute atomic E-state index is 5.36. The second kappa shape index (κ2) is 3.98. The van der Waals surface area contributed by atoms with Gasteiger partial charge >= 0.3 is 0 Å². The lowest BCUT2D eigenvalue weighted by Crippen LogP contribution is -2.31. The maximum atomic E-state index is 5.36. The Bertz CT molecular complexity index is 288. The topological polar surface area (TPSA) is 27.7 Å². The Labute approximate surface area is 83.6 Å². The molecule has 0 aliphatic carbocycles. The minimum absolute atomic E-state index is 0.0773. The first-order valence-corrected chi connectivity index (χ1v) is 4.83. The van der Waals surface area contributed by atoms with Crippen molar-refractivity contribution in [2.24, 2.45) is 0 Å². The van der Waals surface area contributed by atoms with E-state index in [1.165, 1.54) is 0 Å². The van der Waals surface area contributed by atoms with Crippen LogP contribution >= 0.6 is 0 Å². The molecule has 14 heavy (non-hydrogen) atoms. The Kier molecular flexibility index (Phi) is 2.70. The van der Waals surface area contributed by atoms with E-state index in [1.807, 2.05) is 38.1 Å². The van der Waals surface area contributed by atoms with Crippen LogP contribution in [0.15, 0.2) is 24.3 Å². The molecule has 0 N–H and O–H groups in total. The Morgan fingerprint density at radius 2 is 1.86 bits per heavy atom. The minimum atomic E-state index is -0.194. The van der Waals surface area contributed by atoms with Gasteiger partial charge in [-0.25, -0.2) is 0 Å². The highest BCUT2D eigenvalue weighted by Crippen LogP contribution is 2.31. The number of benzene rings is 1. The summed E-state index contributed by atoms with van der Waals surface area (Å²) in [7, 11) is 0. The summed E-state index contributed by atoms with van der Waals surface area (Å²) in [5, 5.41) is 0. The molecule has 1 heterocycles. The standard InChI is InChI=1S/C11H14O3/c1-3-12-10-6-4-9(5-7-10)11-13-8(2)14-11/h4-8,11H,3H2,1-2H3. The Balaban J connectivity index is 1.99. The zero-order valence-electron chi connectivity index (χ0n) is 8.40. The highest BCUT2D eigenvalue weighted by molar-refractivity contribution is 5.28. The highest BCUT2D eigenvalue weighted by atomic mass is 16.9. The molecule has 3 heteroatoms. The van der Waals surface area contributed by atoms with Crippen LogP contribution in [0.2, 0.25) is 0 Å². The fourth-order valence-electron chi connectivity index (χ4n) is 1.40. The fraction of sp³-hybridized carbons (Fsp3) is 0.455. The zero-order valence-corrected chi connectivity index (χ0v) is 8.40. The summed E-state index contributed by atoms with van der Waals surface area (Å²) in [6.45, 7) is 4.53. The predicted molar refractivity (Wildman–Crippen MR) is 52.0 cm³/mol. The first kappa shape index (κ1) is 9.49. The molecule has 0 spiro atoms. The Morgan fingerprint density at radius 1 is 1.21 bits per heavy atom. The summed E-state index contributed by atoms with van der Waals surface area (Å²) in [5.74, 6) is 0.878. The van der Waals surface area contributed by atoms with Crippen LogP contribution in [0.25, 0.3) is 0 Å². The Morgan fingerprint density at radius 3 is 2.36 bits per heavy atom. The van der Waals surface area contributed by atoms with Crippen LogP contribution in [0.1, 0.15) is 25.7 Å². The molecular formula is C11H14O3. The molecule has 2 rings (SSSR count). The monoisotopic (exact) mass is 194 g/mol. The molecule has 0 atom stereocenters. The number of rotatable bonds is 3. The van der Waals surface area contributed by atoms with Crippen molar-refractivity contribution in [2.45, 2.75) is 26.4 Å². The van der Waals surface area contributed by atoms with Gasteiger partial charge in [0.2, 0.25) is 0 Å². The van der Waals surface area contributed by atoms with E-state index in [-0.39, 0.29) is 12.6 Å². The molecule has 76 valence electrons. The summed E-state index contributed by atoms with van der Waals surface area (Å²) in [4.78, 5) is 0. The average Bonchev–Trinajstić information content (AvgIpc) is 2.15. The van der Waals surface area contributed by atoms with Crippen LogP contribution in [0.3, 0.4) is 0 Å². The number of hydrogen-bond acceptors (Lipinski definition) is 3. The van der Waals surface area contributed by atoms with Crippen molar-refractivity contribution in [3.05, 3.63) is 29.8 Å². The second-order valence-corrected chi connectivity index (χ2v) is 3.17. The van der Waals surface area contributed by atoms with Crippen molar-refractivity contribution < 1.29 is 14.2 Å². The summed E-state index contributed by atoms with van der Waals surface area (Å²) in [5.41, 5.74) is 1.03. The van der Waals surface area contributed by atoms with Crippen molar-refractivity contribution in [1.29, 1.82) is 0 Å². The largest absolute Gasteiger partial charge is 0.494 e. The lowest BCUT2D eigenvalue weighted by molar-refractivity contribution is -0.382. The van der Waals surface area contributed by atoms with E-state index in [0.29, 0.717) is 6.61 Å². The molecule has 1 aliphatic rings. The third-order valence-corrected chi connectivity index (χ3v) is 2.09. The molecule has 3 nitrogen and oxygen atoms in total. The molecule has 1 fully saturated rings. The third kappa shape index (κ3) is 1.89. The van der Waals surface area contributed by atoms with Crippen molar-refractivity contribution in [3.8, 4) is 5.75 Å². The SMILES string of the molecule is CCOc1ccc(C2OC(C)O2)cc1. The maximum Gasteiger partial charge on any atom is 0.189 e. The molecule has 1 aromatic carbocycles. The average molecular weight is 194 g/mol. The summed E-state index contributed by atoms with van der Waals surface area (Å²) >= 11 is 0. The lowest BCUT2D eigenvalue weighted by Gasteiger charge is -2.33. The van der Waals surface area contributed by atoms with Gasteiger partial charge < -0.3 is 14.2 Å². The van der Waals surface area contributed by atoms with Gasteiger partial charge in [-0.2, -0.15) is 0 Å². The molecular weight excluding hydrogens is 180 g/mol. The molecule has 0 aromatic heterocycles.